The highest BCUT2D eigenvalue weighted by atomic mass is 32.2. The molecule has 0 aromatic rings. The molecule has 0 aromatic carbocycles. The van der Waals surface area contributed by atoms with Crippen molar-refractivity contribution in [3.05, 3.63) is 0 Å². The summed E-state index contributed by atoms with van der Waals surface area (Å²) < 4.78 is 24.9. The topological polar surface area (TPSA) is 113 Å². The first-order chi connectivity index (χ1) is 9.32. The van der Waals surface area contributed by atoms with Crippen molar-refractivity contribution in [2.24, 2.45) is 5.41 Å². The summed E-state index contributed by atoms with van der Waals surface area (Å²) in [6, 6.07) is -0.844. The number of imide groups is 2. The predicted molar refractivity (Wildman–Crippen MR) is 69.0 cm³/mol. The van der Waals surface area contributed by atoms with Crippen LogP contribution in [0.1, 0.15) is 25.7 Å². The van der Waals surface area contributed by atoms with Gasteiger partial charge in [-0.15, -0.1) is 0 Å². The zero-order valence-corrected chi connectivity index (χ0v) is 12.0. The Morgan fingerprint density at radius 2 is 1.85 bits per heavy atom. The fourth-order valence-corrected chi connectivity index (χ4v) is 3.30. The number of sulfonamides is 1. The summed E-state index contributed by atoms with van der Waals surface area (Å²) in [4.78, 5) is 36.9. The monoisotopic (exact) mass is 303 g/mol. The van der Waals surface area contributed by atoms with E-state index in [2.05, 4.69) is 10.0 Å². The Kier molecular flexibility index (Phi) is 3.83. The quantitative estimate of drug-likeness (QED) is 0.659. The number of carbonyl (C=O) groups is 3. The van der Waals surface area contributed by atoms with Crippen molar-refractivity contribution >= 4 is 27.9 Å². The van der Waals surface area contributed by atoms with Crippen molar-refractivity contribution in [2.75, 3.05) is 19.3 Å². The molecule has 8 nitrogen and oxygen atoms in total. The number of amides is 4. The summed E-state index contributed by atoms with van der Waals surface area (Å²) in [7, 11) is -2.26. The van der Waals surface area contributed by atoms with Crippen LogP contribution >= 0.6 is 0 Å². The first kappa shape index (κ1) is 14.9. The molecule has 2 rings (SSSR count). The molecule has 1 heterocycles. The highest BCUT2D eigenvalue weighted by Crippen LogP contribution is 2.41. The van der Waals surface area contributed by atoms with Crippen molar-refractivity contribution in [1.29, 1.82) is 0 Å². The van der Waals surface area contributed by atoms with Crippen molar-refractivity contribution in [3.8, 4) is 0 Å². The average Bonchev–Trinajstić information content (AvgIpc) is 2.87. The Morgan fingerprint density at radius 3 is 2.40 bits per heavy atom. The second-order valence-electron chi connectivity index (χ2n) is 5.03. The summed E-state index contributed by atoms with van der Waals surface area (Å²) in [5, 5.41) is 2.16. The molecule has 4 amide bonds. The van der Waals surface area contributed by atoms with Crippen molar-refractivity contribution in [1.82, 2.24) is 14.9 Å². The van der Waals surface area contributed by atoms with Gasteiger partial charge in [-0.1, -0.05) is 12.8 Å². The normalized spacial score (nSPS) is 22.4. The molecule has 112 valence electrons. The van der Waals surface area contributed by atoms with Crippen LogP contribution in [-0.2, 0) is 19.6 Å². The van der Waals surface area contributed by atoms with Crippen LogP contribution in [0.3, 0.4) is 0 Å². The Bertz CT molecular complexity index is 550. The van der Waals surface area contributed by atoms with E-state index in [9.17, 15) is 22.8 Å². The van der Waals surface area contributed by atoms with Gasteiger partial charge >= 0.3 is 6.03 Å². The summed E-state index contributed by atoms with van der Waals surface area (Å²) in [6.07, 6.45) is 2.30. The van der Waals surface area contributed by atoms with E-state index in [0.717, 1.165) is 17.7 Å². The largest absolute Gasteiger partial charge is 0.330 e. The molecule has 20 heavy (non-hydrogen) atoms. The molecule has 2 aliphatic rings. The average molecular weight is 303 g/mol. The maximum absolute atomic E-state index is 12.4. The van der Waals surface area contributed by atoms with Crippen LogP contribution in [0, 0.1) is 5.41 Å². The first-order valence-electron chi connectivity index (χ1n) is 6.41. The van der Waals surface area contributed by atoms with Crippen LogP contribution in [0.2, 0.25) is 0 Å². The second-order valence-corrected chi connectivity index (χ2v) is 7.07. The van der Waals surface area contributed by atoms with Crippen molar-refractivity contribution in [3.63, 3.8) is 0 Å². The summed E-state index contributed by atoms with van der Waals surface area (Å²) in [5.74, 6) is -1.51. The SMILES string of the molecule is CNS(=O)(=O)CCN1C(=O)NC(=O)C2(CCCC2)C1=O. The zero-order valence-electron chi connectivity index (χ0n) is 11.1. The molecule has 0 atom stereocenters. The third kappa shape index (κ3) is 2.42. The lowest BCUT2D eigenvalue weighted by Gasteiger charge is -2.36. The highest BCUT2D eigenvalue weighted by Gasteiger charge is 2.54. The van der Waals surface area contributed by atoms with E-state index in [1.165, 1.54) is 7.05 Å². The van der Waals surface area contributed by atoms with E-state index >= 15 is 0 Å². The minimum absolute atomic E-state index is 0.261. The van der Waals surface area contributed by atoms with Gasteiger partial charge in [0.15, 0.2) is 0 Å². The van der Waals surface area contributed by atoms with Crippen LogP contribution in [0.15, 0.2) is 0 Å². The highest BCUT2D eigenvalue weighted by molar-refractivity contribution is 7.89. The number of barbiturate groups is 1. The predicted octanol–water partition coefficient (Wildman–Crippen LogP) is -0.826. The van der Waals surface area contributed by atoms with Gasteiger partial charge in [0.2, 0.25) is 21.8 Å². The van der Waals surface area contributed by atoms with Crippen LogP contribution in [0.5, 0.6) is 0 Å². The number of carbonyl (C=O) groups excluding carboxylic acids is 3. The van der Waals surface area contributed by atoms with Gasteiger partial charge in [-0.3, -0.25) is 19.8 Å². The van der Waals surface area contributed by atoms with Crippen LogP contribution < -0.4 is 10.0 Å². The Balaban J connectivity index is 2.18. The van der Waals surface area contributed by atoms with E-state index < -0.39 is 33.3 Å². The smallest absolute Gasteiger partial charge is 0.277 e. The number of urea groups is 1. The van der Waals surface area contributed by atoms with Gasteiger partial charge in [-0.25, -0.2) is 17.9 Å². The minimum Gasteiger partial charge on any atom is -0.277 e. The van der Waals surface area contributed by atoms with Gasteiger partial charge in [0, 0.05) is 6.54 Å². The number of nitrogens with zero attached hydrogens (tertiary/aromatic N) is 1. The standard InChI is InChI=1S/C11H17N3O5S/c1-12-20(18,19)7-6-14-9(16)11(4-2-3-5-11)8(15)13-10(14)17/h12H,2-7H2,1H3,(H,13,15,17). The molecule has 0 unspecified atom stereocenters. The molecule has 1 spiro atoms. The Hall–Kier alpha value is -1.48. The molecule has 1 saturated heterocycles. The van der Waals surface area contributed by atoms with E-state index in [1.807, 2.05) is 0 Å². The number of rotatable bonds is 4. The van der Waals surface area contributed by atoms with Crippen molar-refractivity contribution in [2.45, 2.75) is 25.7 Å². The third-order valence-corrected chi connectivity index (χ3v) is 5.25. The molecular weight excluding hydrogens is 286 g/mol. The lowest BCUT2D eigenvalue weighted by molar-refractivity contribution is -0.150. The number of nitrogens with one attached hydrogen (secondary N) is 2. The van der Waals surface area contributed by atoms with Gasteiger partial charge < -0.3 is 0 Å². The molecule has 0 bridgehead atoms. The molecule has 1 saturated carbocycles. The zero-order chi connectivity index (χ0) is 15.0. The van der Waals surface area contributed by atoms with E-state index in [1.54, 1.807) is 0 Å². The number of hydrogen-bond donors (Lipinski definition) is 2. The molecular formula is C11H17N3O5S. The molecule has 2 fully saturated rings. The summed E-state index contributed by atoms with van der Waals surface area (Å²) in [5.41, 5.74) is -1.18. The summed E-state index contributed by atoms with van der Waals surface area (Å²) >= 11 is 0. The van der Waals surface area contributed by atoms with Gasteiger partial charge in [0.25, 0.3) is 0 Å². The van der Waals surface area contributed by atoms with Crippen LogP contribution in [-0.4, -0.2) is 50.5 Å². The Labute approximate surface area is 116 Å². The van der Waals surface area contributed by atoms with Gasteiger partial charge in [0.05, 0.1) is 5.75 Å². The minimum atomic E-state index is -3.52. The van der Waals surface area contributed by atoms with Gasteiger partial charge in [-0.05, 0) is 19.9 Å². The maximum atomic E-state index is 12.4. The molecule has 0 radical (unpaired) electrons. The van der Waals surface area contributed by atoms with Gasteiger partial charge in [0.1, 0.15) is 5.41 Å². The maximum Gasteiger partial charge on any atom is 0.330 e. The van der Waals surface area contributed by atoms with E-state index in [0.29, 0.717) is 12.8 Å². The second kappa shape index (κ2) is 5.13. The van der Waals surface area contributed by atoms with E-state index in [-0.39, 0.29) is 12.3 Å². The van der Waals surface area contributed by atoms with E-state index in [4.69, 9.17) is 0 Å². The fraction of sp³-hybridized carbons (Fsp3) is 0.727. The Morgan fingerprint density at radius 1 is 1.25 bits per heavy atom. The number of hydrogen-bond acceptors (Lipinski definition) is 5. The summed E-state index contributed by atoms with van der Waals surface area (Å²) in [6.45, 7) is -0.261. The van der Waals surface area contributed by atoms with Crippen molar-refractivity contribution < 1.29 is 22.8 Å². The first-order valence-corrected chi connectivity index (χ1v) is 8.06. The molecule has 0 aromatic heterocycles. The van der Waals surface area contributed by atoms with Gasteiger partial charge in [-0.2, -0.15) is 0 Å². The lowest BCUT2D eigenvalue weighted by atomic mass is 9.82. The molecule has 9 heteroatoms. The van der Waals surface area contributed by atoms with Crippen LogP contribution in [0.25, 0.3) is 0 Å². The van der Waals surface area contributed by atoms with Crippen LogP contribution in [0.4, 0.5) is 4.79 Å². The molecule has 1 aliphatic heterocycles. The third-order valence-electron chi connectivity index (χ3n) is 3.91. The molecule has 1 aliphatic carbocycles. The molecule has 2 N–H and O–H groups in total. The fourth-order valence-electron chi connectivity index (χ4n) is 2.67. The lowest BCUT2D eigenvalue weighted by Crippen LogP contribution is -2.63.